The number of hydrogen-bond acceptors (Lipinski definition) is 6. The normalized spacial score (nSPS) is 12.1. The van der Waals surface area contributed by atoms with Gasteiger partial charge < -0.3 is 10.1 Å². The van der Waals surface area contributed by atoms with Crippen molar-refractivity contribution in [3.05, 3.63) is 67.2 Å². The van der Waals surface area contributed by atoms with E-state index >= 15 is 0 Å². The summed E-state index contributed by atoms with van der Waals surface area (Å²) in [5.74, 6) is -0.827. The largest absolute Gasteiger partial charge is 0.465 e. The highest BCUT2D eigenvalue weighted by Gasteiger charge is 2.28. The first-order chi connectivity index (χ1) is 14.2. The van der Waals surface area contributed by atoms with Crippen LogP contribution in [-0.2, 0) is 22.4 Å². The van der Waals surface area contributed by atoms with Gasteiger partial charge in [-0.25, -0.2) is 14.6 Å². The van der Waals surface area contributed by atoms with Crippen LogP contribution < -0.4 is 5.32 Å². The minimum Gasteiger partial charge on any atom is -0.465 e. The van der Waals surface area contributed by atoms with Crippen LogP contribution in [0.1, 0.15) is 49.3 Å². The third kappa shape index (κ3) is 6.51. The Balaban J connectivity index is 0.00000204. The molecule has 2 aromatic rings. The molecular weight excluding hydrogens is 373 g/mol. The smallest absolute Gasteiger partial charge is 0.315 e. The lowest BCUT2D eigenvalue weighted by atomic mass is 9.94. The minimum atomic E-state index is -0.529. The van der Waals surface area contributed by atoms with Gasteiger partial charge in [0.1, 0.15) is 18.4 Å². The van der Waals surface area contributed by atoms with Crippen molar-refractivity contribution in [3.63, 3.8) is 0 Å². The Morgan fingerprint density at radius 3 is 2.76 bits per heavy atom. The number of halogens is 1. The lowest BCUT2D eigenvalue weighted by Gasteiger charge is -2.21. The third-order valence-electron chi connectivity index (χ3n) is 4.18. The lowest BCUT2D eigenvalue weighted by molar-refractivity contribution is -0.145. The van der Waals surface area contributed by atoms with Crippen molar-refractivity contribution < 1.29 is 13.9 Å². The van der Waals surface area contributed by atoms with E-state index in [0.29, 0.717) is 25.9 Å². The van der Waals surface area contributed by atoms with Gasteiger partial charge in [-0.1, -0.05) is 26.5 Å². The van der Waals surface area contributed by atoms with Crippen LogP contribution in [0, 0.1) is 0 Å². The van der Waals surface area contributed by atoms with E-state index in [1.807, 2.05) is 6.07 Å². The predicted octanol–water partition coefficient (Wildman–Crippen LogP) is 3.52. The van der Waals surface area contributed by atoms with Gasteiger partial charge in [0.05, 0.1) is 19.5 Å². The Bertz CT molecular complexity index is 778. The first-order valence-electron chi connectivity index (χ1n) is 9.51. The van der Waals surface area contributed by atoms with E-state index in [9.17, 15) is 9.18 Å². The first kappa shape index (κ1) is 24.0. The molecule has 0 spiro atoms. The maximum Gasteiger partial charge on any atom is 0.315 e. The number of carbonyl (C=O) groups excluding carboxylic acids is 1. The summed E-state index contributed by atoms with van der Waals surface area (Å²) in [6, 6.07) is 1.88. The van der Waals surface area contributed by atoms with E-state index in [0.717, 1.165) is 24.1 Å². The number of aryl methyl sites for hydroxylation is 1. The molecule has 2 heterocycles. The maximum atomic E-state index is 12.7. The third-order valence-corrected chi connectivity index (χ3v) is 4.18. The molecule has 2 atom stereocenters. The molecule has 0 bridgehead atoms. The summed E-state index contributed by atoms with van der Waals surface area (Å²) in [5.41, 5.74) is 2.55. The highest BCUT2D eigenvalue weighted by atomic mass is 19.1. The molecule has 158 valence electrons. The van der Waals surface area contributed by atoms with Crippen molar-refractivity contribution in [3.8, 4) is 0 Å². The van der Waals surface area contributed by atoms with Crippen molar-refractivity contribution in [2.75, 3.05) is 13.8 Å². The van der Waals surface area contributed by atoms with E-state index in [1.54, 1.807) is 36.3 Å². The number of nitrogens with zero attached hydrogens (tertiary/aromatic N) is 4. The minimum absolute atomic E-state index is 0.254. The van der Waals surface area contributed by atoms with Crippen LogP contribution in [-0.4, -0.2) is 39.5 Å². The summed E-state index contributed by atoms with van der Waals surface area (Å²) >= 11 is 0. The van der Waals surface area contributed by atoms with Gasteiger partial charge in [-0.2, -0.15) is 5.10 Å². The Labute approximate surface area is 171 Å². The number of hydrogen-bond donors (Lipinski definition) is 1. The SMILES string of the molecule is C=CNC(C=C)n1nccc1CC(C(=O)OCC)c1ncncc1CCC.CF. The Hall–Kier alpha value is -3.03. The fourth-order valence-corrected chi connectivity index (χ4v) is 3.00. The number of ether oxygens (including phenoxy) is 1. The quantitative estimate of drug-likeness (QED) is 0.457. The predicted molar refractivity (Wildman–Crippen MR) is 111 cm³/mol. The topological polar surface area (TPSA) is 81.9 Å². The van der Waals surface area contributed by atoms with Crippen LogP contribution in [0.4, 0.5) is 4.39 Å². The molecule has 0 saturated heterocycles. The van der Waals surface area contributed by atoms with Gasteiger partial charge in [0.15, 0.2) is 0 Å². The molecule has 2 aromatic heterocycles. The maximum absolute atomic E-state index is 12.7. The van der Waals surface area contributed by atoms with Crippen molar-refractivity contribution in [1.82, 2.24) is 25.1 Å². The molecule has 7 nitrogen and oxygen atoms in total. The molecule has 0 amide bonds. The number of nitrogens with one attached hydrogen (secondary N) is 1. The first-order valence-corrected chi connectivity index (χ1v) is 9.51. The summed E-state index contributed by atoms with van der Waals surface area (Å²) in [7, 11) is 0.500. The van der Waals surface area contributed by atoms with Gasteiger partial charge in [0.25, 0.3) is 0 Å². The lowest BCUT2D eigenvalue weighted by Crippen LogP contribution is -2.26. The standard InChI is InChI=1S/C20H27N5O2.CH3F/c1-5-9-15-13-21-14-23-19(15)17(20(26)27-8-4)12-16-10-11-24-25(16)18(6-2)22-7-3;1-2/h6-7,10-11,13-14,17-18,22H,2-3,5,8-9,12H2,1,4H3;1H3. The zero-order valence-electron chi connectivity index (χ0n) is 17.3. The monoisotopic (exact) mass is 403 g/mol. The zero-order valence-corrected chi connectivity index (χ0v) is 17.3. The van der Waals surface area contributed by atoms with E-state index in [-0.39, 0.29) is 12.1 Å². The molecule has 0 aromatic carbocycles. The van der Waals surface area contributed by atoms with E-state index in [4.69, 9.17) is 4.74 Å². The van der Waals surface area contributed by atoms with Gasteiger partial charge in [-0.15, -0.1) is 0 Å². The highest BCUT2D eigenvalue weighted by molar-refractivity contribution is 5.78. The number of rotatable bonds is 11. The average molecular weight is 404 g/mol. The van der Waals surface area contributed by atoms with Crippen molar-refractivity contribution in [2.45, 2.75) is 45.2 Å². The second kappa shape index (κ2) is 13.2. The van der Waals surface area contributed by atoms with E-state index < -0.39 is 5.92 Å². The van der Waals surface area contributed by atoms with Crippen molar-refractivity contribution in [2.24, 2.45) is 0 Å². The molecule has 0 aliphatic carbocycles. The van der Waals surface area contributed by atoms with Crippen LogP contribution in [0.2, 0.25) is 0 Å². The fraction of sp³-hybridized carbons (Fsp3) is 0.429. The molecule has 0 saturated carbocycles. The molecule has 0 aliphatic heterocycles. The van der Waals surface area contributed by atoms with E-state index in [1.165, 1.54) is 6.33 Å². The number of carbonyl (C=O) groups is 1. The summed E-state index contributed by atoms with van der Waals surface area (Å²) in [6.45, 7) is 11.7. The molecular formula is C21H30FN5O2. The zero-order chi connectivity index (χ0) is 21.6. The number of esters is 1. The summed E-state index contributed by atoms with van der Waals surface area (Å²) in [6.07, 6.45) is 10.2. The second-order valence-corrected chi connectivity index (χ2v) is 6.01. The van der Waals surface area contributed by atoms with Crippen LogP contribution in [0.3, 0.4) is 0 Å². The van der Waals surface area contributed by atoms with Crippen molar-refractivity contribution in [1.29, 1.82) is 0 Å². The highest BCUT2D eigenvalue weighted by Crippen LogP contribution is 2.25. The number of alkyl halides is 1. The van der Waals surface area contributed by atoms with E-state index in [2.05, 4.69) is 40.5 Å². The summed E-state index contributed by atoms with van der Waals surface area (Å²) < 4.78 is 16.6. The van der Waals surface area contributed by atoms with Crippen LogP contribution in [0.25, 0.3) is 0 Å². The van der Waals surface area contributed by atoms with Gasteiger partial charge in [-0.3, -0.25) is 9.18 Å². The van der Waals surface area contributed by atoms with Gasteiger partial charge in [0.2, 0.25) is 0 Å². The molecule has 0 radical (unpaired) electrons. The molecule has 1 N–H and O–H groups in total. The fourth-order valence-electron chi connectivity index (χ4n) is 3.00. The Morgan fingerprint density at radius 2 is 2.14 bits per heavy atom. The molecule has 0 fully saturated rings. The van der Waals surface area contributed by atoms with Crippen LogP contribution in [0.5, 0.6) is 0 Å². The molecule has 0 aliphatic rings. The van der Waals surface area contributed by atoms with Gasteiger partial charge in [-0.05, 0) is 37.3 Å². The van der Waals surface area contributed by atoms with Crippen LogP contribution in [0.15, 0.2) is 50.2 Å². The Kier molecular flexibility index (Phi) is 10.9. The van der Waals surface area contributed by atoms with Crippen molar-refractivity contribution >= 4 is 5.97 Å². The Morgan fingerprint density at radius 1 is 1.38 bits per heavy atom. The molecule has 2 unspecified atom stereocenters. The van der Waals surface area contributed by atoms with Crippen LogP contribution >= 0.6 is 0 Å². The summed E-state index contributed by atoms with van der Waals surface area (Å²) in [5, 5.41) is 7.45. The molecule has 8 heteroatoms. The average Bonchev–Trinajstić information content (AvgIpc) is 3.20. The second-order valence-electron chi connectivity index (χ2n) is 6.01. The molecule has 29 heavy (non-hydrogen) atoms. The van der Waals surface area contributed by atoms with Gasteiger partial charge in [0, 0.05) is 24.5 Å². The summed E-state index contributed by atoms with van der Waals surface area (Å²) in [4.78, 5) is 21.3. The van der Waals surface area contributed by atoms with Gasteiger partial charge >= 0.3 is 5.97 Å². The number of aromatic nitrogens is 4. The molecule has 2 rings (SSSR count).